The first kappa shape index (κ1) is 15.0. The van der Waals surface area contributed by atoms with Gasteiger partial charge in [-0.25, -0.2) is 0 Å². The van der Waals surface area contributed by atoms with Gasteiger partial charge in [0.15, 0.2) is 0 Å². The predicted octanol–water partition coefficient (Wildman–Crippen LogP) is 2.11. The van der Waals surface area contributed by atoms with Crippen molar-refractivity contribution in [1.29, 1.82) is 0 Å². The van der Waals surface area contributed by atoms with E-state index in [9.17, 15) is 4.79 Å². The number of nitrogens with zero attached hydrogens (tertiary/aromatic N) is 3. The largest absolute Gasteiger partial charge is 0.471 e. The molecule has 2 heterocycles. The molecule has 20 heavy (non-hydrogen) atoms. The van der Waals surface area contributed by atoms with Crippen molar-refractivity contribution < 1.29 is 9.53 Å². The molecule has 0 radical (unpaired) electrons. The Morgan fingerprint density at radius 2 is 2.40 bits per heavy atom. The van der Waals surface area contributed by atoms with Crippen LogP contribution >= 0.6 is 11.6 Å². The number of piperidine rings is 1. The van der Waals surface area contributed by atoms with Gasteiger partial charge in [-0.3, -0.25) is 4.79 Å². The van der Waals surface area contributed by atoms with E-state index in [0.717, 1.165) is 19.4 Å². The summed E-state index contributed by atoms with van der Waals surface area (Å²) < 4.78 is 5.78. The first-order valence-corrected chi connectivity index (χ1v) is 7.36. The summed E-state index contributed by atoms with van der Waals surface area (Å²) in [6.45, 7) is 5.08. The van der Waals surface area contributed by atoms with Gasteiger partial charge >= 0.3 is 0 Å². The number of rotatable bonds is 4. The fourth-order valence-corrected chi connectivity index (χ4v) is 2.34. The van der Waals surface area contributed by atoms with Gasteiger partial charge in [0, 0.05) is 24.7 Å². The lowest BCUT2D eigenvalue weighted by atomic mass is 9.93. The van der Waals surface area contributed by atoms with E-state index in [1.807, 2.05) is 18.7 Å². The molecule has 1 unspecified atom stereocenters. The quantitative estimate of drug-likeness (QED) is 0.799. The first-order chi connectivity index (χ1) is 9.53. The molecule has 1 amide bonds. The number of likely N-dealkylation sites (tertiary alicyclic amines) is 1. The van der Waals surface area contributed by atoms with Gasteiger partial charge in [0.2, 0.25) is 11.8 Å². The van der Waals surface area contributed by atoms with Crippen LogP contribution in [0.4, 0.5) is 0 Å². The van der Waals surface area contributed by atoms with Crippen molar-refractivity contribution in [2.45, 2.75) is 32.8 Å². The van der Waals surface area contributed by atoms with Gasteiger partial charge in [-0.1, -0.05) is 0 Å². The third kappa shape index (κ3) is 3.60. The molecule has 1 fully saturated rings. The van der Waals surface area contributed by atoms with Crippen LogP contribution in [0.15, 0.2) is 18.3 Å². The second-order valence-electron chi connectivity index (χ2n) is 5.71. The second-order valence-corrected chi connectivity index (χ2v) is 5.98. The number of halogens is 1. The van der Waals surface area contributed by atoms with Crippen molar-refractivity contribution in [3.05, 3.63) is 18.3 Å². The van der Waals surface area contributed by atoms with E-state index in [-0.39, 0.29) is 12.0 Å². The molecule has 1 saturated heterocycles. The maximum absolute atomic E-state index is 12.4. The first-order valence-electron chi connectivity index (χ1n) is 6.82. The highest BCUT2D eigenvalue weighted by molar-refractivity contribution is 6.19. The molecule has 0 bridgehead atoms. The number of hydrogen-bond acceptors (Lipinski definition) is 4. The van der Waals surface area contributed by atoms with E-state index in [1.165, 1.54) is 0 Å². The van der Waals surface area contributed by atoms with Crippen molar-refractivity contribution in [3.8, 4) is 5.88 Å². The number of hydrogen-bond donors (Lipinski definition) is 0. The topological polar surface area (TPSA) is 55.3 Å². The van der Waals surface area contributed by atoms with Gasteiger partial charge < -0.3 is 9.64 Å². The highest BCUT2D eigenvalue weighted by atomic mass is 35.5. The van der Waals surface area contributed by atoms with Gasteiger partial charge in [-0.05, 0) is 32.8 Å². The lowest BCUT2D eigenvalue weighted by Crippen LogP contribution is -2.49. The van der Waals surface area contributed by atoms with E-state index < -0.39 is 5.41 Å². The summed E-state index contributed by atoms with van der Waals surface area (Å²) in [6.07, 6.45) is 3.42. The number of amides is 1. The Bertz CT molecular complexity index is 453. The third-order valence-corrected chi connectivity index (χ3v) is 4.08. The van der Waals surface area contributed by atoms with E-state index in [0.29, 0.717) is 18.3 Å². The Hall–Kier alpha value is -1.36. The second kappa shape index (κ2) is 6.39. The van der Waals surface area contributed by atoms with Gasteiger partial charge in [-0.2, -0.15) is 5.10 Å². The Labute approximate surface area is 124 Å². The summed E-state index contributed by atoms with van der Waals surface area (Å²) in [4.78, 5) is 14.2. The SMILES string of the molecule is CC(C)(CCl)C(=O)N1CCCC(Oc2cccnn2)C1. The Morgan fingerprint density at radius 3 is 3.05 bits per heavy atom. The van der Waals surface area contributed by atoms with E-state index in [4.69, 9.17) is 16.3 Å². The minimum atomic E-state index is -0.532. The van der Waals surface area contributed by atoms with Crippen LogP contribution in [0.3, 0.4) is 0 Å². The van der Waals surface area contributed by atoms with Gasteiger partial charge in [0.1, 0.15) is 6.10 Å². The minimum Gasteiger partial charge on any atom is -0.471 e. The Kier molecular flexibility index (Phi) is 4.81. The fourth-order valence-electron chi connectivity index (χ4n) is 2.23. The summed E-state index contributed by atoms with van der Waals surface area (Å²) in [5, 5.41) is 7.69. The average Bonchev–Trinajstić information content (AvgIpc) is 2.48. The van der Waals surface area contributed by atoms with Crippen LogP contribution in [0, 0.1) is 5.41 Å². The lowest BCUT2D eigenvalue weighted by molar-refractivity contribution is -0.142. The Balaban J connectivity index is 1.97. The molecule has 6 heteroatoms. The van der Waals surface area contributed by atoms with Crippen LogP contribution < -0.4 is 4.74 Å². The Morgan fingerprint density at radius 1 is 1.60 bits per heavy atom. The molecule has 0 saturated carbocycles. The molecule has 1 aromatic rings. The number of alkyl halides is 1. The maximum atomic E-state index is 12.4. The highest BCUT2D eigenvalue weighted by Crippen LogP contribution is 2.24. The van der Waals surface area contributed by atoms with Crippen LogP contribution in [-0.4, -0.2) is 46.1 Å². The molecular formula is C14H20ClN3O2. The van der Waals surface area contributed by atoms with Gasteiger partial charge in [-0.15, -0.1) is 16.7 Å². The van der Waals surface area contributed by atoms with Crippen molar-refractivity contribution >= 4 is 17.5 Å². The van der Waals surface area contributed by atoms with Crippen molar-refractivity contribution in [2.75, 3.05) is 19.0 Å². The molecule has 1 atom stereocenters. The van der Waals surface area contributed by atoms with Crippen LogP contribution in [0.5, 0.6) is 5.88 Å². The smallest absolute Gasteiger partial charge is 0.233 e. The summed E-state index contributed by atoms with van der Waals surface area (Å²) in [5.41, 5.74) is -0.532. The number of aromatic nitrogens is 2. The van der Waals surface area contributed by atoms with E-state index >= 15 is 0 Å². The van der Waals surface area contributed by atoms with Crippen LogP contribution in [0.1, 0.15) is 26.7 Å². The van der Waals surface area contributed by atoms with Crippen molar-refractivity contribution in [1.82, 2.24) is 15.1 Å². The van der Waals surface area contributed by atoms with Crippen LogP contribution in [0.25, 0.3) is 0 Å². The number of ether oxygens (including phenoxy) is 1. The minimum absolute atomic E-state index is 0.0319. The zero-order valence-corrected chi connectivity index (χ0v) is 12.6. The van der Waals surface area contributed by atoms with Crippen molar-refractivity contribution in [3.63, 3.8) is 0 Å². The zero-order valence-electron chi connectivity index (χ0n) is 11.9. The molecule has 1 aliphatic heterocycles. The van der Waals surface area contributed by atoms with Crippen LogP contribution in [-0.2, 0) is 4.79 Å². The highest BCUT2D eigenvalue weighted by Gasteiger charge is 2.34. The summed E-state index contributed by atoms with van der Waals surface area (Å²) in [6, 6.07) is 3.56. The molecule has 5 nitrogen and oxygen atoms in total. The molecule has 0 spiro atoms. The normalized spacial score (nSPS) is 19.8. The molecule has 110 valence electrons. The standard InChI is InChI=1S/C14H20ClN3O2/c1-14(2,10-15)13(19)18-8-4-5-11(9-18)20-12-6-3-7-16-17-12/h3,6-7,11H,4-5,8-10H2,1-2H3. The van der Waals surface area contributed by atoms with Crippen LogP contribution in [0.2, 0.25) is 0 Å². The molecule has 0 aliphatic carbocycles. The molecule has 1 aliphatic rings. The number of carbonyl (C=O) groups is 1. The molecule has 0 aromatic carbocycles. The molecule has 2 rings (SSSR count). The molecular weight excluding hydrogens is 278 g/mol. The van der Waals surface area contributed by atoms with Gasteiger partial charge in [0.05, 0.1) is 12.0 Å². The van der Waals surface area contributed by atoms with E-state index in [2.05, 4.69) is 10.2 Å². The average molecular weight is 298 g/mol. The summed E-state index contributed by atoms with van der Waals surface area (Å²) >= 11 is 5.88. The predicted molar refractivity (Wildman–Crippen MR) is 76.8 cm³/mol. The fraction of sp³-hybridized carbons (Fsp3) is 0.643. The maximum Gasteiger partial charge on any atom is 0.233 e. The monoisotopic (exact) mass is 297 g/mol. The zero-order chi connectivity index (χ0) is 14.6. The number of carbonyl (C=O) groups excluding carboxylic acids is 1. The molecule has 1 aromatic heterocycles. The lowest BCUT2D eigenvalue weighted by Gasteiger charge is -2.36. The molecule has 0 N–H and O–H groups in total. The van der Waals surface area contributed by atoms with Crippen molar-refractivity contribution in [2.24, 2.45) is 5.41 Å². The third-order valence-electron chi connectivity index (χ3n) is 3.41. The summed E-state index contributed by atoms with van der Waals surface area (Å²) in [7, 11) is 0. The summed E-state index contributed by atoms with van der Waals surface area (Å²) in [5.74, 6) is 0.904. The van der Waals surface area contributed by atoms with Gasteiger partial charge in [0.25, 0.3) is 0 Å². The van der Waals surface area contributed by atoms with E-state index in [1.54, 1.807) is 18.3 Å².